The molecule has 6 N–H and O–H groups in total. The van der Waals surface area contributed by atoms with Gasteiger partial charge in [0.15, 0.2) is 0 Å². The minimum absolute atomic E-state index is 0.144. The fraction of sp³-hybridized carbons (Fsp3) is 0.422. The van der Waals surface area contributed by atoms with Crippen LogP contribution in [0.3, 0.4) is 0 Å². The molecular formula is C64H80N2O13. The van der Waals surface area contributed by atoms with Crippen molar-refractivity contribution in [2.45, 2.75) is 149 Å². The molecule has 0 amide bonds. The molecule has 5 aromatic carbocycles. The molecule has 0 spiro atoms. The zero-order valence-electron chi connectivity index (χ0n) is 48.9. The van der Waals surface area contributed by atoms with E-state index >= 15 is 0 Å². The number of carboxylic acid groups (broad SMARTS) is 3. The Labute approximate surface area is 466 Å². The maximum atomic E-state index is 11.6. The number of benzene rings is 5. The number of fused-ring (bicyclic) bond motifs is 3. The molecule has 0 radical (unpaired) electrons. The van der Waals surface area contributed by atoms with Gasteiger partial charge in [-0.3, -0.25) is 14.4 Å². The molecule has 424 valence electrons. The number of ether oxygens (including phenoxy) is 4. The summed E-state index contributed by atoms with van der Waals surface area (Å²) in [5.74, 6) is 0.543. The highest BCUT2D eigenvalue weighted by atomic mass is 16.5. The predicted octanol–water partition coefficient (Wildman–Crippen LogP) is 13.1. The molecule has 7 rings (SSSR count). The number of nitrogens with zero attached hydrogens (tertiary/aromatic N) is 2. The van der Waals surface area contributed by atoms with Gasteiger partial charge in [0.05, 0.1) is 61.5 Å². The van der Waals surface area contributed by atoms with Gasteiger partial charge in [-0.25, -0.2) is 0 Å². The van der Waals surface area contributed by atoms with E-state index in [4.69, 9.17) is 39.7 Å². The fourth-order valence-corrected chi connectivity index (χ4v) is 8.91. The standard InChI is InChI=1S/C20H26O4.C12H15NO.C12H16O3.C10H11NO.C10H12O4/c1-11-6-7-14-13(8-11)17-15(21)9-12(19(2,3)18(22)23)10-16(17)24-20(14,4)5;1-9-5-10(12(2,3)8-13)7-11(6-9)14-4;1-8-5-9(7-10(6-8)15-4)12(2,3)11(13)14;1-8-5-9(3-4-11)7-10(6-8)12-2;1-10(2,9(13)14)6-3-7(11)5-8(12)4-6/h6,9-10,13-14,21H,7-8H2,1-5H3,(H,22,23);5-7H,1-4H3;5-7H,1-4H3,(H,13,14);5-7H,3H2,1-2H3;3-5,11-12H,1-2H3,(H,13,14)/t13-,14?;;;;/m1..../s1. The summed E-state index contributed by atoms with van der Waals surface area (Å²) in [5.41, 5.74) is 5.16. The second kappa shape index (κ2) is 26.5. The highest BCUT2D eigenvalue weighted by Gasteiger charge is 2.46. The van der Waals surface area contributed by atoms with Crippen LogP contribution >= 0.6 is 0 Å². The molecule has 5 aromatic rings. The third-order valence-corrected chi connectivity index (χ3v) is 14.4. The number of rotatable bonds is 11. The van der Waals surface area contributed by atoms with Crippen molar-refractivity contribution >= 4 is 17.9 Å². The van der Waals surface area contributed by atoms with E-state index in [-0.39, 0.29) is 28.8 Å². The molecule has 1 unspecified atom stereocenters. The molecule has 0 aromatic heterocycles. The summed E-state index contributed by atoms with van der Waals surface area (Å²) in [6, 6.07) is 28.8. The topological polar surface area (TPSA) is 257 Å². The summed E-state index contributed by atoms with van der Waals surface area (Å²) in [4.78, 5) is 33.5. The monoisotopic (exact) mass is 1080 g/mol. The van der Waals surface area contributed by atoms with Crippen LogP contribution < -0.4 is 18.9 Å². The molecule has 0 saturated carbocycles. The number of methoxy groups -OCH3 is 3. The summed E-state index contributed by atoms with van der Waals surface area (Å²) in [7, 11) is 4.84. The van der Waals surface area contributed by atoms with Crippen LogP contribution in [0, 0.1) is 49.4 Å². The average Bonchev–Trinajstić information content (AvgIpc) is 3.41. The summed E-state index contributed by atoms with van der Waals surface area (Å²) in [6.45, 7) is 25.6. The first kappa shape index (κ1) is 65.1. The quantitative estimate of drug-likeness (QED) is 0.0672. The average molecular weight is 1090 g/mol. The van der Waals surface area contributed by atoms with Crippen LogP contribution in [0.5, 0.6) is 40.2 Å². The van der Waals surface area contributed by atoms with Crippen molar-refractivity contribution in [3.63, 3.8) is 0 Å². The SMILES string of the molecule is CC(C)(C(=O)O)c1cc(O)cc(O)c1.CC1=CCC2[C@@H](C1)c1c(O)cc(C(C)(C)C(=O)O)cc1OC2(C)C.COc1cc(C)cc(C(C)(C)C#N)c1.COc1cc(C)cc(C(C)(C)C(=O)O)c1.COc1cc(C)cc(CC#N)c1. The van der Waals surface area contributed by atoms with Gasteiger partial charge in [-0.05, 0) is 215 Å². The number of aryl methyl sites for hydroxylation is 3. The number of hydrogen-bond donors (Lipinski definition) is 6. The first-order valence-electron chi connectivity index (χ1n) is 25.7. The van der Waals surface area contributed by atoms with Crippen LogP contribution in [0.25, 0.3) is 0 Å². The van der Waals surface area contributed by atoms with Crippen molar-refractivity contribution in [1.82, 2.24) is 0 Å². The lowest BCUT2D eigenvalue weighted by Gasteiger charge is -2.47. The highest BCUT2D eigenvalue weighted by molar-refractivity contribution is 5.82. The number of aliphatic carboxylic acids is 3. The van der Waals surface area contributed by atoms with Gasteiger partial charge in [0, 0.05) is 23.5 Å². The van der Waals surface area contributed by atoms with Gasteiger partial charge in [-0.2, -0.15) is 10.5 Å². The normalized spacial score (nSPS) is 15.1. The van der Waals surface area contributed by atoms with Crippen molar-refractivity contribution < 1.29 is 64.0 Å². The minimum atomic E-state index is -1.13. The molecule has 2 aliphatic rings. The Morgan fingerprint density at radius 2 is 1.01 bits per heavy atom. The van der Waals surface area contributed by atoms with E-state index in [0.717, 1.165) is 69.4 Å². The van der Waals surface area contributed by atoms with E-state index in [1.54, 1.807) is 67.2 Å². The molecule has 2 atom stereocenters. The van der Waals surface area contributed by atoms with Gasteiger partial charge >= 0.3 is 17.9 Å². The van der Waals surface area contributed by atoms with E-state index in [9.17, 15) is 34.8 Å². The lowest BCUT2D eigenvalue weighted by Crippen LogP contribution is -2.45. The summed E-state index contributed by atoms with van der Waals surface area (Å²) < 4.78 is 21.6. The summed E-state index contributed by atoms with van der Waals surface area (Å²) in [6.07, 6.45) is 4.54. The number of hydrogen-bond acceptors (Lipinski definition) is 12. The number of carboxylic acids is 3. The first-order valence-corrected chi connectivity index (χ1v) is 25.7. The third-order valence-electron chi connectivity index (χ3n) is 14.4. The second-order valence-corrected chi connectivity index (χ2v) is 22.8. The Balaban J connectivity index is 0.000000267. The molecule has 0 bridgehead atoms. The smallest absolute Gasteiger partial charge is 0.313 e. The molecule has 0 fully saturated rings. The van der Waals surface area contributed by atoms with Crippen LogP contribution in [0.2, 0.25) is 0 Å². The van der Waals surface area contributed by atoms with Crippen LogP contribution in [0.4, 0.5) is 0 Å². The molecule has 1 heterocycles. The van der Waals surface area contributed by atoms with Crippen molar-refractivity contribution in [1.29, 1.82) is 10.5 Å². The fourth-order valence-electron chi connectivity index (χ4n) is 8.91. The predicted molar refractivity (Wildman–Crippen MR) is 305 cm³/mol. The molecule has 79 heavy (non-hydrogen) atoms. The number of phenolic OH excluding ortho intramolecular Hbond substituents is 3. The Bertz CT molecular complexity index is 3090. The molecular weight excluding hydrogens is 1000 g/mol. The van der Waals surface area contributed by atoms with Crippen molar-refractivity contribution in [3.05, 3.63) is 147 Å². The maximum absolute atomic E-state index is 11.6. The highest BCUT2D eigenvalue weighted by Crippen LogP contribution is 2.55. The minimum Gasteiger partial charge on any atom is -0.508 e. The molecule has 1 aliphatic carbocycles. The molecule has 15 nitrogen and oxygen atoms in total. The van der Waals surface area contributed by atoms with Crippen molar-refractivity contribution in [3.8, 4) is 52.4 Å². The Morgan fingerprint density at radius 1 is 0.595 bits per heavy atom. The third kappa shape index (κ3) is 16.9. The first-order chi connectivity index (χ1) is 36.5. The van der Waals surface area contributed by atoms with E-state index in [0.29, 0.717) is 35.0 Å². The lowest BCUT2D eigenvalue weighted by molar-refractivity contribution is -0.143. The summed E-state index contributed by atoms with van der Waals surface area (Å²) >= 11 is 0. The second-order valence-electron chi connectivity index (χ2n) is 22.8. The lowest BCUT2D eigenvalue weighted by atomic mass is 9.67. The zero-order chi connectivity index (χ0) is 60.2. The Hall–Kier alpha value is -8.17. The molecule has 1 aliphatic heterocycles. The number of allylic oxidation sites excluding steroid dienone is 2. The zero-order valence-corrected chi connectivity index (χ0v) is 48.9. The number of aromatic hydroxyl groups is 3. The van der Waals surface area contributed by atoms with Crippen LogP contribution in [-0.4, -0.2) is 75.5 Å². The van der Waals surface area contributed by atoms with Gasteiger partial charge in [-0.1, -0.05) is 29.8 Å². The Kier molecular flexibility index (Phi) is 21.8. The molecule has 15 heteroatoms. The van der Waals surface area contributed by atoms with Crippen molar-refractivity contribution in [2.24, 2.45) is 5.92 Å². The van der Waals surface area contributed by atoms with Gasteiger partial charge in [0.25, 0.3) is 0 Å². The maximum Gasteiger partial charge on any atom is 0.313 e. The summed E-state index contributed by atoms with van der Waals surface area (Å²) in [5, 5.41) is 74.1. The van der Waals surface area contributed by atoms with Gasteiger partial charge in [0.2, 0.25) is 0 Å². The van der Waals surface area contributed by atoms with E-state index in [1.165, 1.54) is 31.6 Å². The van der Waals surface area contributed by atoms with Gasteiger partial charge in [-0.15, -0.1) is 0 Å². The largest absolute Gasteiger partial charge is 0.508 e. The van der Waals surface area contributed by atoms with Crippen LogP contribution in [0.15, 0.2) is 96.6 Å². The van der Waals surface area contributed by atoms with Gasteiger partial charge in [0.1, 0.15) is 45.8 Å². The van der Waals surface area contributed by atoms with Gasteiger partial charge < -0.3 is 49.6 Å². The Morgan fingerprint density at radius 3 is 1.46 bits per heavy atom. The van der Waals surface area contributed by atoms with E-state index in [2.05, 4.69) is 39.0 Å². The van der Waals surface area contributed by atoms with Crippen molar-refractivity contribution in [2.75, 3.05) is 21.3 Å². The molecule has 0 saturated heterocycles. The van der Waals surface area contributed by atoms with Crippen LogP contribution in [0.1, 0.15) is 145 Å². The number of phenols is 3. The number of carbonyl (C=O) groups is 3. The van der Waals surface area contributed by atoms with E-state index in [1.807, 2.05) is 83.1 Å². The van der Waals surface area contributed by atoms with Crippen LogP contribution in [-0.2, 0) is 42.5 Å². The number of nitriles is 2. The van der Waals surface area contributed by atoms with E-state index < -0.39 is 39.6 Å².